The van der Waals surface area contributed by atoms with Gasteiger partial charge in [0.2, 0.25) is 0 Å². The van der Waals surface area contributed by atoms with Gasteiger partial charge in [0.15, 0.2) is 6.10 Å². The molecule has 0 heterocycles. The topological polar surface area (TPSA) is 29.5 Å². The van der Waals surface area contributed by atoms with Crippen molar-refractivity contribution in [2.45, 2.75) is 38.7 Å². The molecule has 0 amide bonds. The first-order valence-corrected chi connectivity index (χ1v) is 6.55. The third kappa shape index (κ3) is 3.47. The Hall–Kier alpha value is -1.75. The van der Waals surface area contributed by atoms with E-state index in [1.54, 1.807) is 24.3 Å². The van der Waals surface area contributed by atoms with Crippen LogP contribution in [0.4, 0.5) is 13.2 Å². The van der Waals surface area contributed by atoms with E-state index in [4.69, 9.17) is 4.74 Å². The third-order valence-corrected chi connectivity index (χ3v) is 2.94. The highest BCUT2D eigenvalue weighted by Crippen LogP contribution is 2.38. The molecule has 114 valence electrons. The summed E-state index contributed by atoms with van der Waals surface area (Å²) in [5, 5.41) is 10.4. The Bertz CT molecular complexity index is 642. The van der Waals surface area contributed by atoms with Gasteiger partial charge in [-0.1, -0.05) is 30.3 Å². The molecule has 0 bridgehead atoms. The van der Waals surface area contributed by atoms with Crippen LogP contribution in [0.1, 0.15) is 32.4 Å². The molecule has 2 nitrogen and oxygen atoms in total. The van der Waals surface area contributed by atoms with E-state index >= 15 is 0 Å². The second-order valence-electron chi connectivity index (χ2n) is 5.86. The molecule has 0 aliphatic carbocycles. The van der Waals surface area contributed by atoms with E-state index in [1.807, 2.05) is 20.8 Å². The molecule has 0 spiro atoms. The van der Waals surface area contributed by atoms with Crippen LogP contribution in [0.5, 0.6) is 5.75 Å². The summed E-state index contributed by atoms with van der Waals surface area (Å²) in [7, 11) is 0. The molecule has 2 rings (SSSR count). The Labute approximate surface area is 121 Å². The predicted molar refractivity (Wildman–Crippen MR) is 75.3 cm³/mol. The predicted octanol–water partition coefficient (Wildman–Crippen LogP) is 4.61. The number of rotatable bonds is 2. The van der Waals surface area contributed by atoms with Crippen molar-refractivity contribution in [1.29, 1.82) is 0 Å². The number of ether oxygens (including phenoxy) is 1. The van der Waals surface area contributed by atoms with Crippen LogP contribution < -0.4 is 4.74 Å². The number of hydrogen-bond acceptors (Lipinski definition) is 2. The van der Waals surface area contributed by atoms with Gasteiger partial charge in [0.05, 0.1) is 0 Å². The van der Waals surface area contributed by atoms with Crippen LogP contribution in [0.3, 0.4) is 0 Å². The van der Waals surface area contributed by atoms with Gasteiger partial charge < -0.3 is 9.84 Å². The zero-order valence-corrected chi connectivity index (χ0v) is 12.0. The maximum atomic E-state index is 12.8. The molecule has 2 aromatic rings. The summed E-state index contributed by atoms with van der Waals surface area (Å²) < 4.78 is 44.0. The molecule has 1 unspecified atom stereocenters. The Morgan fingerprint density at radius 1 is 0.952 bits per heavy atom. The summed E-state index contributed by atoms with van der Waals surface area (Å²) in [6.07, 6.45) is -7.21. The Balaban J connectivity index is 2.59. The monoisotopic (exact) mass is 298 g/mol. The minimum absolute atomic E-state index is 0.167. The fraction of sp³-hybridized carbons (Fsp3) is 0.375. The minimum atomic E-state index is -4.70. The van der Waals surface area contributed by atoms with E-state index in [-0.39, 0.29) is 5.56 Å². The van der Waals surface area contributed by atoms with Crippen LogP contribution in [0.25, 0.3) is 10.8 Å². The van der Waals surface area contributed by atoms with Crippen molar-refractivity contribution in [1.82, 2.24) is 0 Å². The Kier molecular flexibility index (Phi) is 3.89. The number of fused-ring (bicyclic) bond motifs is 1. The van der Waals surface area contributed by atoms with Gasteiger partial charge in [-0.15, -0.1) is 0 Å². The molecule has 0 saturated heterocycles. The normalized spacial score (nSPS) is 14.2. The van der Waals surface area contributed by atoms with Gasteiger partial charge in [-0.25, -0.2) is 0 Å². The highest BCUT2D eigenvalue weighted by molar-refractivity contribution is 5.91. The minimum Gasteiger partial charge on any atom is -0.488 e. The van der Waals surface area contributed by atoms with Gasteiger partial charge >= 0.3 is 6.18 Å². The highest BCUT2D eigenvalue weighted by Gasteiger charge is 2.40. The second kappa shape index (κ2) is 5.22. The van der Waals surface area contributed by atoms with Gasteiger partial charge in [-0.2, -0.15) is 13.2 Å². The molecule has 21 heavy (non-hydrogen) atoms. The summed E-state index contributed by atoms with van der Waals surface area (Å²) in [4.78, 5) is 0. The maximum absolute atomic E-state index is 12.8. The van der Waals surface area contributed by atoms with Gasteiger partial charge in [-0.05, 0) is 37.8 Å². The lowest BCUT2D eigenvalue weighted by atomic mass is 9.99. The number of hydrogen-bond donors (Lipinski definition) is 1. The summed E-state index contributed by atoms with van der Waals surface area (Å²) in [5.41, 5.74) is -0.633. The van der Waals surface area contributed by atoms with Crippen molar-refractivity contribution in [3.05, 3.63) is 42.0 Å². The van der Waals surface area contributed by atoms with Crippen LogP contribution in [0.2, 0.25) is 0 Å². The summed E-state index contributed by atoms with van der Waals surface area (Å²) in [6.45, 7) is 5.58. The first-order valence-electron chi connectivity index (χ1n) is 6.55. The quantitative estimate of drug-likeness (QED) is 0.877. The number of halogens is 3. The summed E-state index contributed by atoms with van der Waals surface area (Å²) >= 11 is 0. The molecular formula is C16H17F3O2. The van der Waals surface area contributed by atoms with Gasteiger partial charge in [0.1, 0.15) is 11.4 Å². The van der Waals surface area contributed by atoms with E-state index in [0.29, 0.717) is 16.5 Å². The zero-order chi connectivity index (χ0) is 15.8. The molecular weight excluding hydrogens is 281 g/mol. The molecule has 0 radical (unpaired) electrons. The van der Waals surface area contributed by atoms with Crippen LogP contribution >= 0.6 is 0 Å². The van der Waals surface area contributed by atoms with Crippen molar-refractivity contribution < 1.29 is 23.0 Å². The van der Waals surface area contributed by atoms with Gasteiger partial charge in [0.25, 0.3) is 0 Å². The van der Waals surface area contributed by atoms with E-state index in [9.17, 15) is 18.3 Å². The molecule has 0 aliphatic rings. The van der Waals surface area contributed by atoms with E-state index in [1.165, 1.54) is 12.1 Å². The lowest BCUT2D eigenvalue weighted by Crippen LogP contribution is -2.23. The van der Waals surface area contributed by atoms with Gasteiger partial charge in [-0.3, -0.25) is 0 Å². The highest BCUT2D eigenvalue weighted by atomic mass is 19.4. The zero-order valence-electron chi connectivity index (χ0n) is 12.0. The number of aliphatic hydroxyl groups excluding tert-OH is 1. The number of aliphatic hydroxyl groups is 1. The standard InChI is InChI=1S/C16H17F3O2/c1-15(2,3)21-13-9-5-6-10-11(13)7-4-8-12(10)14(20)16(17,18)19/h4-9,14,20H,1-3H3. The first-order chi connectivity index (χ1) is 9.59. The number of benzene rings is 2. The van der Waals surface area contributed by atoms with Crippen molar-refractivity contribution in [2.75, 3.05) is 0 Å². The Morgan fingerprint density at radius 2 is 1.52 bits per heavy atom. The molecule has 0 fully saturated rings. The van der Waals surface area contributed by atoms with Crippen LogP contribution in [0, 0.1) is 0 Å². The summed E-state index contributed by atoms with van der Waals surface area (Å²) in [6, 6.07) is 9.33. The molecule has 0 aliphatic heterocycles. The van der Waals surface area contributed by atoms with Crippen LogP contribution in [-0.4, -0.2) is 16.9 Å². The van der Waals surface area contributed by atoms with Crippen molar-refractivity contribution in [3.8, 4) is 5.75 Å². The largest absolute Gasteiger partial charge is 0.488 e. The van der Waals surface area contributed by atoms with E-state index in [2.05, 4.69) is 0 Å². The SMILES string of the molecule is CC(C)(C)Oc1cccc2c(C(O)C(F)(F)F)cccc12. The fourth-order valence-electron chi connectivity index (χ4n) is 2.14. The average molecular weight is 298 g/mol. The molecule has 1 N–H and O–H groups in total. The maximum Gasteiger partial charge on any atom is 0.418 e. The molecule has 1 atom stereocenters. The first kappa shape index (κ1) is 15.6. The lowest BCUT2D eigenvalue weighted by molar-refractivity contribution is -0.206. The van der Waals surface area contributed by atoms with Crippen molar-refractivity contribution >= 4 is 10.8 Å². The van der Waals surface area contributed by atoms with E-state index < -0.39 is 17.9 Å². The van der Waals surface area contributed by atoms with E-state index in [0.717, 1.165) is 0 Å². The Morgan fingerprint density at radius 3 is 2.10 bits per heavy atom. The lowest BCUT2D eigenvalue weighted by Gasteiger charge is -2.23. The van der Waals surface area contributed by atoms with Crippen LogP contribution in [-0.2, 0) is 0 Å². The van der Waals surface area contributed by atoms with Gasteiger partial charge in [0, 0.05) is 5.39 Å². The molecule has 2 aromatic carbocycles. The molecule has 0 saturated carbocycles. The van der Waals surface area contributed by atoms with Crippen molar-refractivity contribution in [3.63, 3.8) is 0 Å². The van der Waals surface area contributed by atoms with Crippen LogP contribution in [0.15, 0.2) is 36.4 Å². The smallest absolute Gasteiger partial charge is 0.418 e. The third-order valence-electron chi connectivity index (χ3n) is 2.94. The summed E-state index contributed by atoms with van der Waals surface area (Å²) in [5.74, 6) is 0.497. The fourth-order valence-corrected chi connectivity index (χ4v) is 2.14. The van der Waals surface area contributed by atoms with Crippen molar-refractivity contribution in [2.24, 2.45) is 0 Å². The second-order valence-corrected chi connectivity index (χ2v) is 5.86. The molecule has 0 aromatic heterocycles. The average Bonchev–Trinajstić information content (AvgIpc) is 2.35. The number of alkyl halides is 3. The molecule has 5 heteroatoms.